The Morgan fingerprint density at radius 3 is 2.75 bits per heavy atom. The molecule has 1 atom stereocenters. The molecule has 5 nitrogen and oxygen atoms in total. The Morgan fingerprint density at radius 2 is 2.05 bits per heavy atom. The second-order valence-corrected chi connectivity index (χ2v) is 5.65. The summed E-state index contributed by atoms with van der Waals surface area (Å²) in [6.45, 7) is 8.84. The molecule has 1 saturated heterocycles. The van der Waals surface area contributed by atoms with Gasteiger partial charge in [-0.2, -0.15) is 5.10 Å². The van der Waals surface area contributed by atoms with Gasteiger partial charge in [0.25, 0.3) is 0 Å². The third-order valence-corrected chi connectivity index (χ3v) is 4.46. The number of aromatic nitrogens is 2. The Balaban J connectivity index is 1.77. The third-order valence-electron chi connectivity index (χ3n) is 4.46. The third kappa shape index (κ3) is 2.33. The number of rotatable bonds is 3. The first-order valence-corrected chi connectivity index (χ1v) is 7.40. The van der Waals surface area contributed by atoms with Crippen LogP contribution in [0.15, 0.2) is 18.3 Å². The van der Waals surface area contributed by atoms with Crippen molar-refractivity contribution < 1.29 is 0 Å². The van der Waals surface area contributed by atoms with Crippen LogP contribution in [0.3, 0.4) is 0 Å². The van der Waals surface area contributed by atoms with Gasteiger partial charge in [0, 0.05) is 37.6 Å². The number of hydrogen-bond acceptors (Lipinski definition) is 4. The highest BCUT2D eigenvalue weighted by atomic mass is 15.3. The van der Waals surface area contributed by atoms with Gasteiger partial charge in [0.05, 0.1) is 23.1 Å². The van der Waals surface area contributed by atoms with Crippen molar-refractivity contribution >= 4 is 22.3 Å². The molecule has 1 fully saturated rings. The van der Waals surface area contributed by atoms with Crippen molar-refractivity contribution in [3.05, 3.63) is 18.3 Å². The molecule has 0 radical (unpaired) electrons. The summed E-state index contributed by atoms with van der Waals surface area (Å²) in [5.41, 5.74) is 9.23. The molecule has 20 heavy (non-hydrogen) atoms. The van der Waals surface area contributed by atoms with Gasteiger partial charge in [-0.3, -0.25) is 10.00 Å². The molecule has 1 unspecified atom stereocenters. The minimum atomic E-state index is 0.671. The van der Waals surface area contributed by atoms with Crippen LogP contribution in [0.1, 0.15) is 20.3 Å². The number of anilines is 2. The number of aromatic amines is 1. The van der Waals surface area contributed by atoms with Crippen molar-refractivity contribution in [1.29, 1.82) is 0 Å². The van der Waals surface area contributed by atoms with E-state index in [1.807, 2.05) is 12.3 Å². The van der Waals surface area contributed by atoms with Gasteiger partial charge < -0.3 is 10.6 Å². The maximum atomic E-state index is 6.20. The maximum absolute atomic E-state index is 6.20. The normalized spacial score (nSPS) is 18.6. The molecule has 0 spiro atoms. The summed E-state index contributed by atoms with van der Waals surface area (Å²) in [4.78, 5) is 4.94. The molecule has 5 heteroatoms. The van der Waals surface area contributed by atoms with Crippen molar-refractivity contribution in [3.63, 3.8) is 0 Å². The second-order valence-electron chi connectivity index (χ2n) is 5.65. The van der Waals surface area contributed by atoms with Crippen molar-refractivity contribution in [2.45, 2.75) is 26.3 Å². The predicted molar refractivity (Wildman–Crippen MR) is 84.0 cm³/mol. The van der Waals surface area contributed by atoms with Crippen LogP contribution in [0.25, 0.3) is 10.9 Å². The number of nitrogen functional groups attached to an aromatic ring is 1. The molecule has 1 aromatic carbocycles. The van der Waals surface area contributed by atoms with Crippen LogP contribution in [-0.2, 0) is 0 Å². The first-order valence-electron chi connectivity index (χ1n) is 7.40. The molecule has 3 N–H and O–H groups in total. The quantitative estimate of drug-likeness (QED) is 0.840. The Hall–Kier alpha value is -1.75. The number of benzene rings is 1. The number of H-pyrrole nitrogens is 1. The summed E-state index contributed by atoms with van der Waals surface area (Å²) in [5.74, 6) is 0. The van der Waals surface area contributed by atoms with Crippen LogP contribution in [-0.4, -0.2) is 47.3 Å². The number of nitrogens with one attached hydrogen (secondary N) is 1. The predicted octanol–water partition coefficient (Wildman–Crippen LogP) is 2.07. The van der Waals surface area contributed by atoms with Gasteiger partial charge >= 0.3 is 0 Å². The Bertz CT molecular complexity index is 583. The Kier molecular flexibility index (Phi) is 3.53. The zero-order valence-corrected chi connectivity index (χ0v) is 12.3. The van der Waals surface area contributed by atoms with Gasteiger partial charge in [0.15, 0.2) is 0 Å². The van der Waals surface area contributed by atoms with Crippen LogP contribution in [0.4, 0.5) is 11.4 Å². The van der Waals surface area contributed by atoms with E-state index in [2.05, 4.69) is 39.9 Å². The lowest BCUT2D eigenvalue weighted by atomic mass is 10.1. The minimum absolute atomic E-state index is 0.671. The average Bonchev–Trinajstić information content (AvgIpc) is 2.93. The summed E-state index contributed by atoms with van der Waals surface area (Å²) in [5, 5.41) is 8.16. The standard InChI is InChI=1S/C15H23N5/c1-3-11(2)19-4-6-20(7-5-19)15-9-14-12(8-13(15)16)10-17-18-14/h8-11H,3-7,16H2,1-2H3,(H,17,18). The zero-order chi connectivity index (χ0) is 14.1. The van der Waals surface area contributed by atoms with Crippen molar-refractivity contribution in [3.8, 4) is 0 Å². The molecule has 108 valence electrons. The highest BCUT2D eigenvalue weighted by Crippen LogP contribution is 2.29. The first-order chi connectivity index (χ1) is 9.69. The molecule has 0 bridgehead atoms. The molecule has 1 aliphatic rings. The van der Waals surface area contributed by atoms with Crippen LogP contribution in [0.5, 0.6) is 0 Å². The van der Waals surface area contributed by atoms with Gasteiger partial charge in [0.1, 0.15) is 0 Å². The van der Waals surface area contributed by atoms with E-state index < -0.39 is 0 Å². The lowest BCUT2D eigenvalue weighted by molar-refractivity contribution is 0.193. The molecule has 0 saturated carbocycles. The number of piperazine rings is 1. The van der Waals surface area contributed by atoms with E-state index in [4.69, 9.17) is 5.73 Å². The minimum Gasteiger partial charge on any atom is -0.397 e. The maximum Gasteiger partial charge on any atom is 0.0672 e. The largest absolute Gasteiger partial charge is 0.397 e. The molecule has 0 amide bonds. The average molecular weight is 273 g/mol. The van der Waals surface area contributed by atoms with Gasteiger partial charge in [0.2, 0.25) is 0 Å². The van der Waals surface area contributed by atoms with E-state index in [1.165, 1.54) is 6.42 Å². The fourth-order valence-corrected chi connectivity index (χ4v) is 2.93. The van der Waals surface area contributed by atoms with Crippen molar-refractivity contribution in [2.75, 3.05) is 36.8 Å². The topological polar surface area (TPSA) is 61.2 Å². The van der Waals surface area contributed by atoms with E-state index in [9.17, 15) is 0 Å². The molecule has 3 rings (SSSR count). The van der Waals surface area contributed by atoms with Crippen LogP contribution >= 0.6 is 0 Å². The molecule has 1 aliphatic heterocycles. The molecular weight excluding hydrogens is 250 g/mol. The van der Waals surface area contributed by atoms with Crippen LogP contribution < -0.4 is 10.6 Å². The van der Waals surface area contributed by atoms with E-state index in [1.54, 1.807) is 0 Å². The van der Waals surface area contributed by atoms with E-state index in [0.29, 0.717) is 6.04 Å². The smallest absolute Gasteiger partial charge is 0.0672 e. The summed E-state index contributed by atoms with van der Waals surface area (Å²) < 4.78 is 0. The highest BCUT2D eigenvalue weighted by molar-refractivity contribution is 5.88. The highest BCUT2D eigenvalue weighted by Gasteiger charge is 2.21. The number of nitrogens with two attached hydrogens (primary N) is 1. The number of fused-ring (bicyclic) bond motifs is 1. The number of nitrogens with zero attached hydrogens (tertiary/aromatic N) is 3. The molecule has 2 heterocycles. The van der Waals surface area contributed by atoms with E-state index in [0.717, 1.165) is 48.5 Å². The van der Waals surface area contributed by atoms with E-state index >= 15 is 0 Å². The monoisotopic (exact) mass is 273 g/mol. The van der Waals surface area contributed by atoms with Crippen LogP contribution in [0.2, 0.25) is 0 Å². The second kappa shape index (κ2) is 5.32. The van der Waals surface area contributed by atoms with Crippen molar-refractivity contribution in [1.82, 2.24) is 15.1 Å². The van der Waals surface area contributed by atoms with Gasteiger partial charge in [-0.1, -0.05) is 6.92 Å². The number of hydrogen-bond donors (Lipinski definition) is 2. The SMILES string of the molecule is CCC(C)N1CCN(c2cc3[nH]ncc3cc2N)CC1. The molecular formula is C15H23N5. The lowest BCUT2D eigenvalue weighted by Gasteiger charge is -2.39. The Morgan fingerprint density at radius 1 is 1.30 bits per heavy atom. The summed E-state index contributed by atoms with van der Waals surface area (Å²) in [6.07, 6.45) is 3.03. The zero-order valence-electron chi connectivity index (χ0n) is 12.3. The first kappa shape index (κ1) is 13.2. The molecule has 2 aromatic rings. The lowest BCUT2D eigenvalue weighted by Crippen LogP contribution is -2.49. The fourth-order valence-electron chi connectivity index (χ4n) is 2.93. The molecule has 0 aliphatic carbocycles. The molecule has 1 aromatic heterocycles. The van der Waals surface area contributed by atoms with Crippen molar-refractivity contribution in [2.24, 2.45) is 0 Å². The summed E-state index contributed by atoms with van der Waals surface area (Å²) in [6, 6.07) is 4.80. The Labute approximate surface area is 119 Å². The van der Waals surface area contributed by atoms with Gasteiger partial charge in [-0.15, -0.1) is 0 Å². The fraction of sp³-hybridized carbons (Fsp3) is 0.533. The van der Waals surface area contributed by atoms with E-state index in [-0.39, 0.29) is 0 Å². The summed E-state index contributed by atoms with van der Waals surface area (Å²) in [7, 11) is 0. The van der Waals surface area contributed by atoms with Gasteiger partial charge in [-0.25, -0.2) is 0 Å². The van der Waals surface area contributed by atoms with Crippen LogP contribution in [0, 0.1) is 0 Å². The summed E-state index contributed by atoms with van der Waals surface area (Å²) >= 11 is 0. The van der Waals surface area contributed by atoms with Gasteiger partial charge in [-0.05, 0) is 25.5 Å².